The minimum atomic E-state index is -3.41. The van der Waals surface area contributed by atoms with Crippen molar-refractivity contribution in [3.8, 4) is 5.75 Å². The Labute approximate surface area is 204 Å². The van der Waals surface area contributed by atoms with Crippen LogP contribution in [0.2, 0.25) is 0 Å². The zero-order chi connectivity index (χ0) is 24.5. The molecular weight excluding hydrogens is 468 g/mol. The van der Waals surface area contributed by atoms with Crippen molar-refractivity contribution >= 4 is 38.5 Å². The fraction of sp³-hybridized carbons (Fsp3) is 0.440. The van der Waals surface area contributed by atoms with Gasteiger partial charge < -0.3 is 18.9 Å². The van der Waals surface area contributed by atoms with Crippen LogP contribution in [0.15, 0.2) is 30.3 Å². The van der Waals surface area contributed by atoms with Gasteiger partial charge in [-0.25, -0.2) is 18.2 Å². The number of pyridine rings is 1. The van der Waals surface area contributed by atoms with Crippen LogP contribution in [0, 0.1) is 5.92 Å². The van der Waals surface area contributed by atoms with Crippen LogP contribution >= 0.6 is 0 Å². The first-order chi connectivity index (χ1) is 16.7. The predicted octanol–water partition coefficient (Wildman–Crippen LogP) is 3.12. The molecule has 0 amide bonds. The molecule has 3 aromatic rings. The van der Waals surface area contributed by atoms with Crippen LogP contribution in [0.5, 0.6) is 5.75 Å². The van der Waals surface area contributed by atoms with Crippen LogP contribution in [0.1, 0.15) is 40.5 Å². The van der Waals surface area contributed by atoms with Crippen LogP contribution in [-0.4, -0.2) is 57.5 Å². The van der Waals surface area contributed by atoms with E-state index in [2.05, 4.69) is 15.5 Å². The molecule has 35 heavy (non-hydrogen) atoms. The lowest BCUT2D eigenvalue weighted by Crippen LogP contribution is -2.34. The molecule has 4 heterocycles. The molecule has 0 radical (unpaired) electrons. The Morgan fingerprint density at radius 3 is 2.77 bits per heavy atom. The summed E-state index contributed by atoms with van der Waals surface area (Å²) in [6.45, 7) is 2.15. The molecule has 1 aromatic carbocycles. The number of aromatic nitrogens is 2. The number of anilines is 2. The molecule has 1 atom stereocenters. The standard InChI is InChI=1S/C25H28N4O5S/c1-27(35(3,31)32)22-7-6-16-11-20(29(24(16)26-22)14-15-4-5-15)19-12-17-10-18(25(30)33-2)13-21-23(17)28(19)8-9-34-21/h6-7,10-11,13,15,19H,4-5,8-9,12,14H2,1-3H3. The van der Waals surface area contributed by atoms with Gasteiger partial charge in [-0.05, 0) is 54.7 Å². The number of nitrogens with zero attached hydrogens (tertiary/aromatic N) is 4. The molecule has 9 nitrogen and oxygen atoms in total. The van der Waals surface area contributed by atoms with Crippen LogP contribution < -0.4 is 13.9 Å². The molecule has 0 bridgehead atoms. The van der Waals surface area contributed by atoms with Crippen LogP contribution in [-0.2, 0) is 27.7 Å². The van der Waals surface area contributed by atoms with Gasteiger partial charge in [0.2, 0.25) is 10.0 Å². The Morgan fingerprint density at radius 2 is 2.06 bits per heavy atom. The molecule has 1 fully saturated rings. The number of sulfonamides is 1. The highest BCUT2D eigenvalue weighted by Gasteiger charge is 2.39. The first-order valence-corrected chi connectivity index (χ1v) is 13.7. The van der Waals surface area contributed by atoms with Crippen molar-refractivity contribution in [1.82, 2.24) is 9.55 Å². The zero-order valence-electron chi connectivity index (χ0n) is 20.0. The Morgan fingerprint density at radius 1 is 1.26 bits per heavy atom. The van der Waals surface area contributed by atoms with Gasteiger partial charge in [-0.15, -0.1) is 0 Å². The minimum Gasteiger partial charge on any atom is -0.490 e. The van der Waals surface area contributed by atoms with Gasteiger partial charge in [-0.3, -0.25) is 4.31 Å². The Balaban J connectivity index is 1.46. The van der Waals surface area contributed by atoms with E-state index < -0.39 is 10.0 Å². The average Bonchev–Trinajstić information content (AvgIpc) is 3.49. The second-order valence-corrected chi connectivity index (χ2v) is 11.7. The van der Waals surface area contributed by atoms with E-state index in [0.717, 1.165) is 53.2 Å². The number of hydrogen-bond donors (Lipinski definition) is 0. The summed E-state index contributed by atoms with van der Waals surface area (Å²) < 4.78 is 38.6. The van der Waals surface area contributed by atoms with Crippen molar-refractivity contribution in [3.63, 3.8) is 0 Å². The number of carbonyl (C=O) groups is 1. The maximum Gasteiger partial charge on any atom is 0.337 e. The van der Waals surface area contributed by atoms with Crippen LogP contribution in [0.25, 0.3) is 11.0 Å². The van der Waals surface area contributed by atoms with Crippen molar-refractivity contribution in [1.29, 1.82) is 0 Å². The molecule has 6 rings (SSSR count). The number of hydrogen-bond acceptors (Lipinski definition) is 7. The molecule has 2 aliphatic heterocycles. The van der Waals surface area contributed by atoms with Crippen molar-refractivity contribution in [3.05, 3.63) is 47.2 Å². The summed E-state index contributed by atoms with van der Waals surface area (Å²) in [5.41, 5.74) is 4.57. The van der Waals surface area contributed by atoms with E-state index in [0.29, 0.717) is 23.9 Å². The topological polar surface area (TPSA) is 94.0 Å². The molecule has 1 aliphatic carbocycles. The van der Waals surface area contributed by atoms with E-state index >= 15 is 0 Å². The third kappa shape index (κ3) is 3.71. The predicted molar refractivity (Wildman–Crippen MR) is 133 cm³/mol. The molecule has 184 valence electrons. The lowest BCUT2D eigenvalue weighted by atomic mass is 10.0. The summed E-state index contributed by atoms with van der Waals surface area (Å²) in [6, 6.07) is 9.65. The van der Waals surface area contributed by atoms with E-state index in [1.807, 2.05) is 12.1 Å². The summed E-state index contributed by atoms with van der Waals surface area (Å²) >= 11 is 0. The molecule has 2 aromatic heterocycles. The molecule has 1 unspecified atom stereocenters. The Kier molecular flexibility index (Phi) is 5.00. The van der Waals surface area contributed by atoms with E-state index in [-0.39, 0.29) is 12.0 Å². The molecule has 0 saturated heterocycles. The number of benzene rings is 1. The monoisotopic (exact) mass is 496 g/mol. The summed E-state index contributed by atoms with van der Waals surface area (Å²) in [7, 11) is -0.502. The first-order valence-electron chi connectivity index (χ1n) is 11.8. The van der Waals surface area contributed by atoms with Crippen LogP contribution in [0.4, 0.5) is 11.5 Å². The van der Waals surface area contributed by atoms with Gasteiger partial charge in [0.05, 0.1) is 37.2 Å². The highest BCUT2D eigenvalue weighted by molar-refractivity contribution is 7.92. The Hall–Kier alpha value is -3.27. The second kappa shape index (κ2) is 7.87. The van der Waals surface area contributed by atoms with Gasteiger partial charge >= 0.3 is 5.97 Å². The van der Waals surface area contributed by atoms with Crippen molar-refractivity contribution in [2.75, 3.05) is 42.8 Å². The highest BCUT2D eigenvalue weighted by Crippen LogP contribution is 2.49. The third-order valence-electron chi connectivity index (χ3n) is 7.30. The summed E-state index contributed by atoms with van der Waals surface area (Å²) in [4.78, 5) is 19.4. The van der Waals surface area contributed by atoms with Gasteiger partial charge in [0, 0.05) is 31.1 Å². The van der Waals surface area contributed by atoms with Crippen molar-refractivity contribution < 1.29 is 22.7 Å². The normalized spacial score (nSPS) is 18.9. The highest BCUT2D eigenvalue weighted by atomic mass is 32.2. The lowest BCUT2D eigenvalue weighted by Gasteiger charge is -2.33. The number of fused-ring (bicyclic) bond motifs is 1. The molecule has 0 spiro atoms. The second-order valence-electron chi connectivity index (χ2n) is 9.67. The SMILES string of the molecule is COC(=O)c1cc2c3c(c1)OCCN3C(c1cc3ccc(N(C)S(C)(=O)=O)nc3n1CC1CC1)C2. The van der Waals surface area contributed by atoms with E-state index in [1.54, 1.807) is 12.1 Å². The van der Waals surface area contributed by atoms with Gasteiger partial charge in [-0.1, -0.05) is 0 Å². The third-order valence-corrected chi connectivity index (χ3v) is 8.48. The summed E-state index contributed by atoms with van der Waals surface area (Å²) in [5, 5.41) is 0.992. The van der Waals surface area contributed by atoms with E-state index in [9.17, 15) is 13.2 Å². The fourth-order valence-corrected chi connectivity index (χ4v) is 5.70. The van der Waals surface area contributed by atoms with Gasteiger partial charge in [0.1, 0.15) is 23.8 Å². The van der Waals surface area contributed by atoms with E-state index in [1.165, 1.54) is 37.6 Å². The quantitative estimate of drug-likeness (QED) is 0.484. The number of esters is 1. The Bertz CT molecular complexity index is 1460. The smallest absolute Gasteiger partial charge is 0.337 e. The van der Waals surface area contributed by atoms with Crippen molar-refractivity contribution in [2.24, 2.45) is 5.92 Å². The summed E-state index contributed by atoms with van der Waals surface area (Å²) in [5.74, 6) is 1.37. The zero-order valence-corrected chi connectivity index (χ0v) is 20.8. The van der Waals surface area contributed by atoms with Gasteiger partial charge in [0.15, 0.2) is 0 Å². The largest absolute Gasteiger partial charge is 0.490 e. The molecule has 3 aliphatic rings. The van der Waals surface area contributed by atoms with E-state index in [4.69, 9.17) is 14.5 Å². The average molecular weight is 497 g/mol. The molecule has 1 saturated carbocycles. The summed E-state index contributed by atoms with van der Waals surface area (Å²) in [6.07, 6.45) is 4.31. The maximum atomic E-state index is 12.2. The van der Waals surface area contributed by atoms with Gasteiger partial charge in [0.25, 0.3) is 0 Å². The number of ether oxygens (including phenoxy) is 2. The number of methoxy groups -OCH3 is 1. The van der Waals surface area contributed by atoms with Gasteiger partial charge in [-0.2, -0.15) is 0 Å². The fourth-order valence-electron chi connectivity index (χ4n) is 5.26. The first kappa shape index (κ1) is 22.2. The number of rotatable bonds is 6. The minimum absolute atomic E-state index is 0.0737. The van der Waals surface area contributed by atoms with Crippen LogP contribution in [0.3, 0.4) is 0 Å². The van der Waals surface area contributed by atoms with Crippen molar-refractivity contribution in [2.45, 2.75) is 31.8 Å². The molecular formula is C25H28N4O5S. The molecule has 10 heteroatoms. The maximum absolute atomic E-state index is 12.2. The number of carbonyl (C=O) groups excluding carboxylic acids is 1. The lowest BCUT2D eigenvalue weighted by molar-refractivity contribution is 0.0600. The molecule has 0 N–H and O–H groups in total.